The van der Waals surface area contributed by atoms with Crippen LogP contribution in [0.25, 0.3) is 6.08 Å². The van der Waals surface area contributed by atoms with Crippen LogP contribution in [0, 0.1) is 0 Å². The molecule has 0 aliphatic carbocycles. The predicted octanol–water partition coefficient (Wildman–Crippen LogP) is 4.22. The van der Waals surface area contributed by atoms with Crippen molar-refractivity contribution >= 4 is 51.9 Å². The fourth-order valence-corrected chi connectivity index (χ4v) is 3.62. The van der Waals surface area contributed by atoms with Crippen molar-refractivity contribution in [1.82, 2.24) is 5.32 Å². The van der Waals surface area contributed by atoms with Crippen LogP contribution in [0.15, 0.2) is 47.4 Å². The van der Waals surface area contributed by atoms with E-state index in [-0.39, 0.29) is 17.3 Å². The normalized spacial score (nSPS) is 15.0. The molecule has 0 saturated carbocycles. The lowest BCUT2D eigenvalue weighted by Crippen LogP contribution is -2.20. The lowest BCUT2D eigenvalue weighted by Gasteiger charge is -2.12. The maximum absolute atomic E-state index is 12.8. The van der Waals surface area contributed by atoms with Crippen LogP contribution >= 0.6 is 24.0 Å². The fraction of sp³-hybridized carbons (Fsp3) is 0.150. The fourth-order valence-electron chi connectivity index (χ4n) is 2.58. The Balaban J connectivity index is 1.65. The summed E-state index contributed by atoms with van der Waals surface area (Å²) in [4.78, 5) is 24.3. The highest BCUT2D eigenvalue weighted by molar-refractivity contribution is 8.26. The van der Waals surface area contributed by atoms with Gasteiger partial charge in [0.05, 0.1) is 17.6 Å². The molecule has 2 aromatic carbocycles. The van der Waals surface area contributed by atoms with Gasteiger partial charge in [-0.25, -0.2) is 0 Å². The second-order valence-corrected chi connectivity index (χ2v) is 7.90. The van der Waals surface area contributed by atoms with Gasteiger partial charge in [0.15, 0.2) is 18.1 Å². The van der Waals surface area contributed by atoms with Crippen LogP contribution in [0.3, 0.4) is 0 Å². The highest BCUT2D eigenvalue weighted by Crippen LogP contribution is 2.32. The number of thioether (sulfide) groups is 1. The largest absolute Gasteiger partial charge is 0.493 e. The summed E-state index contributed by atoms with van der Waals surface area (Å²) in [7, 11) is 1.41. The number of nitrogens with one attached hydrogen (secondary N) is 2. The molecule has 0 spiro atoms. The highest BCUT2D eigenvalue weighted by atomic mass is 32.2. The first-order chi connectivity index (χ1) is 14.7. The van der Waals surface area contributed by atoms with Crippen LogP contribution < -0.4 is 20.1 Å². The van der Waals surface area contributed by atoms with Gasteiger partial charge in [-0.3, -0.25) is 9.59 Å². The van der Waals surface area contributed by atoms with Gasteiger partial charge in [-0.15, -0.1) is 0 Å². The second-order valence-electron chi connectivity index (χ2n) is 6.18. The number of rotatable bonds is 6. The molecule has 0 radical (unpaired) electrons. The maximum Gasteiger partial charge on any atom is 0.416 e. The number of halogens is 3. The number of carbonyl (C=O) groups excluding carboxylic acids is 2. The summed E-state index contributed by atoms with van der Waals surface area (Å²) in [5.41, 5.74) is -0.213. The molecule has 1 heterocycles. The van der Waals surface area contributed by atoms with Crippen molar-refractivity contribution in [2.24, 2.45) is 0 Å². The number of carbonyl (C=O) groups is 2. The van der Waals surface area contributed by atoms with Gasteiger partial charge in [0, 0.05) is 5.69 Å². The molecule has 3 rings (SSSR count). The number of anilines is 1. The monoisotopic (exact) mass is 468 g/mol. The third-order valence-corrected chi connectivity index (χ3v) is 5.12. The Bertz CT molecular complexity index is 1070. The molecule has 2 amide bonds. The Labute approximate surface area is 184 Å². The van der Waals surface area contributed by atoms with Crippen LogP contribution in [0.1, 0.15) is 11.1 Å². The van der Waals surface area contributed by atoms with E-state index in [2.05, 4.69) is 10.6 Å². The first-order valence-electron chi connectivity index (χ1n) is 8.68. The van der Waals surface area contributed by atoms with Gasteiger partial charge >= 0.3 is 6.18 Å². The smallest absolute Gasteiger partial charge is 0.416 e. The van der Waals surface area contributed by atoms with Crippen LogP contribution in [0.4, 0.5) is 18.9 Å². The third-order valence-electron chi connectivity index (χ3n) is 3.96. The second kappa shape index (κ2) is 9.40. The van der Waals surface area contributed by atoms with Gasteiger partial charge in [-0.1, -0.05) is 36.1 Å². The van der Waals surface area contributed by atoms with Crippen LogP contribution in [-0.4, -0.2) is 29.9 Å². The number of hydrogen-bond acceptors (Lipinski definition) is 6. The summed E-state index contributed by atoms with van der Waals surface area (Å²) in [6.07, 6.45) is -2.88. The van der Waals surface area contributed by atoms with Crippen LogP contribution in [0.2, 0.25) is 0 Å². The van der Waals surface area contributed by atoms with Crippen molar-refractivity contribution in [3.05, 3.63) is 58.5 Å². The predicted molar refractivity (Wildman–Crippen MR) is 115 cm³/mol. The zero-order valence-corrected chi connectivity index (χ0v) is 17.5. The Morgan fingerprint density at radius 3 is 2.65 bits per heavy atom. The summed E-state index contributed by atoms with van der Waals surface area (Å²) < 4.78 is 49.4. The zero-order valence-electron chi connectivity index (χ0n) is 15.9. The molecule has 1 aliphatic rings. The topological polar surface area (TPSA) is 76.7 Å². The van der Waals surface area contributed by atoms with Crippen LogP contribution in [-0.2, 0) is 15.8 Å². The van der Waals surface area contributed by atoms with Crippen molar-refractivity contribution in [3.8, 4) is 11.5 Å². The lowest BCUT2D eigenvalue weighted by molar-refractivity contribution is -0.137. The van der Waals surface area contributed by atoms with E-state index >= 15 is 0 Å². The van der Waals surface area contributed by atoms with E-state index in [1.807, 2.05) is 0 Å². The Hall–Kier alpha value is -3.05. The van der Waals surface area contributed by atoms with E-state index in [4.69, 9.17) is 21.7 Å². The van der Waals surface area contributed by atoms with Crippen molar-refractivity contribution in [2.75, 3.05) is 19.0 Å². The van der Waals surface area contributed by atoms with Gasteiger partial charge in [-0.2, -0.15) is 13.2 Å². The average molecular weight is 468 g/mol. The highest BCUT2D eigenvalue weighted by Gasteiger charge is 2.30. The van der Waals surface area contributed by atoms with E-state index in [0.717, 1.165) is 23.9 Å². The van der Waals surface area contributed by atoms with E-state index in [1.165, 1.54) is 19.2 Å². The molecule has 1 fully saturated rings. The molecule has 0 atom stereocenters. The summed E-state index contributed by atoms with van der Waals surface area (Å²) >= 11 is 6.08. The maximum atomic E-state index is 12.8. The minimum absolute atomic E-state index is 0.00242. The van der Waals surface area contributed by atoms with Crippen molar-refractivity contribution in [1.29, 1.82) is 0 Å². The number of benzene rings is 2. The van der Waals surface area contributed by atoms with Crippen molar-refractivity contribution in [3.63, 3.8) is 0 Å². The number of alkyl halides is 3. The van der Waals surface area contributed by atoms with Gasteiger partial charge in [0.2, 0.25) is 0 Å². The lowest BCUT2D eigenvalue weighted by atomic mass is 10.2. The Morgan fingerprint density at radius 2 is 2.00 bits per heavy atom. The summed E-state index contributed by atoms with van der Waals surface area (Å²) in [6, 6.07) is 9.12. The van der Waals surface area contributed by atoms with Crippen LogP contribution in [0.5, 0.6) is 11.5 Å². The average Bonchev–Trinajstić information content (AvgIpc) is 3.03. The molecular weight excluding hydrogens is 453 g/mol. The van der Waals surface area contributed by atoms with Gasteiger partial charge < -0.3 is 20.1 Å². The van der Waals surface area contributed by atoms with E-state index in [0.29, 0.717) is 20.5 Å². The van der Waals surface area contributed by atoms with Crippen molar-refractivity contribution in [2.45, 2.75) is 6.18 Å². The minimum atomic E-state index is -4.51. The SMILES string of the molecule is COc1cc(C=C2SC(=S)NC2=O)ccc1OCC(=O)Nc1cccc(C(F)(F)F)c1. The first kappa shape index (κ1) is 22.6. The number of thiocarbonyl (C=S) groups is 1. The number of hydrogen-bond donors (Lipinski definition) is 2. The van der Waals surface area contributed by atoms with Crippen molar-refractivity contribution < 1.29 is 32.2 Å². The first-order valence-corrected chi connectivity index (χ1v) is 9.91. The zero-order chi connectivity index (χ0) is 22.6. The number of methoxy groups -OCH3 is 1. The van der Waals surface area contributed by atoms with E-state index in [1.54, 1.807) is 24.3 Å². The molecule has 11 heteroatoms. The Kier molecular flexibility index (Phi) is 6.86. The van der Waals surface area contributed by atoms with Gasteiger partial charge in [-0.05, 0) is 42.0 Å². The molecule has 0 aromatic heterocycles. The number of ether oxygens (including phenoxy) is 2. The molecule has 0 bridgehead atoms. The summed E-state index contributed by atoms with van der Waals surface area (Å²) in [5, 5.41) is 4.87. The standard InChI is InChI=1S/C20H15F3N2O4S2/c1-28-15-7-11(8-16-18(27)25-19(30)31-16)5-6-14(15)29-10-17(26)24-13-4-2-3-12(9-13)20(21,22)23/h2-9H,10H2,1H3,(H,24,26)(H,25,27,30). The molecule has 6 nitrogen and oxygen atoms in total. The molecular formula is C20H15F3N2O4S2. The number of amides is 2. The molecule has 2 aromatic rings. The molecule has 1 saturated heterocycles. The minimum Gasteiger partial charge on any atom is -0.493 e. The molecule has 2 N–H and O–H groups in total. The summed E-state index contributed by atoms with van der Waals surface area (Å²) in [5.74, 6) is -0.365. The summed E-state index contributed by atoms with van der Waals surface area (Å²) in [6.45, 7) is -0.445. The third kappa shape index (κ3) is 5.98. The van der Waals surface area contributed by atoms with Gasteiger partial charge in [0.1, 0.15) is 4.32 Å². The Morgan fingerprint density at radius 1 is 1.23 bits per heavy atom. The molecule has 0 unspecified atom stereocenters. The van der Waals surface area contributed by atoms with Gasteiger partial charge in [0.25, 0.3) is 11.8 Å². The van der Waals surface area contributed by atoms with E-state index < -0.39 is 24.3 Å². The quantitative estimate of drug-likeness (QED) is 0.489. The molecule has 162 valence electrons. The molecule has 1 aliphatic heterocycles. The van der Waals surface area contributed by atoms with E-state index in [9.17, 15) is 22.8 Å². The molecule has 31 heavy (non-hydrogen) atoms.